The minimum absolute atomic E-state index is 0.177. The van der Waals surface area contributed by atoms with Crippen molar-refractivity contribution in [2.24, 2.45) is 0 Å². The topological polar surface area (TPSA) is 6.48 Å². The van der Waals surface area contributed by atoms with Gasteiger partial charge in [-0.2, -0.15) is 0 Å². The molecule has 1 heterocycles. The Morgan fingerprint density at radius 3 is 2.89 bits per heavy atom. The van der Waals surface area contributed by atoms with Crippen LogP contribution in [0.15, 0.2) is 18.2 Å². The summed E-state index contributed by atoms with van der Waals surface area (Å²) in [5, 5.41) is 0. The Labute approximate surface area is 113 Å². The monoisotopic (exact) mass is 270 g/mol. The van der Waals surface area contributed by atoms with Crippen LogP contribution in [-0.4, -0.2) is 38.1 Å². The molecule has 0 bridgehead atoms. The molecule has 0 amide bonds. The molecule has 4 heteroatoms. The summed E-state index contributed by atoms with van der Waals surface area (Å²) in [5.41, 5.74) is 1.50. The van der Waals surface area contributed by atoms with Crippen molar-refractivity contribution in [1.82, 2.24) is 4.90 Å². The molecule has 1 aliphatic rings. The zero-order valence-corrected chi connectivity index (χ0v) is 11.8. The third-order valence-corrected chi connectivity index (χ3v) is 4.00. The molecule has 100 valence electrons. The largest absolute Gasteiger partial charge is 0.368 e. The van der Waals surface area contributed by atoms with Crippen LogP contribution in [0.5, 0.6) is 0 Å². The van der Waals surface area contributed by atoms with Gasteiger partial charge in [0.1, 0.15) is 5.82 Å². The number of hydrogen-bond acceptors (Lipinski definition) is 2. The molecule has 1 aliphatic heterocycles. The maximum atomic E-state index is 14.0. The Balaban J connectivity index is 2.15. The maximum absolute atomic E-state index is 14.0. The fraction of sp³-hybridized carbons (Fsp3) is 0.571. The van der Waals surface area contributed by atoms with Crippen LogP contribution in [-0.2, 0) is 5.88 Å². The summed E-state index contributed by atoms with van der Waals surface area (Å²) in [7, 11) is 4.09. The van der Waals surface area contributed by atoms with Gasteiger partial charge >= 0.3 is 0 Å². The third-order valence-electron chi connectivity index (χ3n) is 3.69. The highest BCUT2D eigenvalue weighted by atomic mass is 35.5. The highest BCUT2D eigenvalue weighted by Gasteiger charge is 2.22. The summed E-state index contributed by atoms with van der Waals surface area (Å²) in [6.07, 6.45) is 2.30. The normalized spacial score (nSPS) is 21.0. The summed E-state index contributed by atoms with van der Waals surface area (Å²) < 4.78 is 14.0. The molecule has 0 spiro atoms. The van der Waals surface area contributed by atoms with Crippen molar-refractivity contribution in [1.29, 1.82) is 0 Å². The van der Waals surface area contributed by atoms with E-state index in [-0.39, 0.29) is 5.82 Å². The van der Waals surface area contributed by atoms with Crippen molar-refractivity contribution in [3.05, 3.63) is 29.6 Å². The van der Waals surface area contributed by atoms with Gasteiger partial charge in [-0.25, -0.2) is 4.39 Å². The molecule has 1 saturated heterocycles. The van der Waals surface area contributed by atoms with Crippen LogP contribution >= 0.6 is 11.6 Å². The van der Waals surface area contributed by atoms with Crippen LogP contribution in [0.1, 0.15) is 18.4 Å². The first-order chi connectivity index (χ1) is 8.61. The molecule has 1 aromatic carbocycles. The van der Waals surface area contributed by atoms with Gasteiger partial charge in [0.15, 0.2) is 0 Å². The number of benzene rings is 1. The van der Waals surface area contributed by atoms with Gasteiger partial charge in [-0.15, -0.1) is 11.6 Å². The Morgan fingerprint density at radius 2 is 2.28 bits per heavy atom. The van der Waals surface area contributed by atoms with Gasteiger partial charge in [0.2, 0.25) is 0 Å². The second-order valence-electron chi connectivity index (χ2n) is 5.09. The number of nitrogens with zero attached hydrogens (tertiary/aromatic N) is 2. The van der Waals surface area contributed by atoms with Crippen molar-refractivity contribution in [2.45, 2.75) is 24.8 Å². The number of likely N-dealkylation sites (tertiary alicyclic amines) is 1. The van der Waals surface area contributed by atoms with E-state index in [1.807, 2.05) is 19.2 Å². The lowest BCUT2D eigenvalue weighted by atomic mass is 10.0. The zero-order chi connectivity index (χ0) is 13.1. The molecule has 1 unspecified atom stereocenters. The molecule has 0 radical (unpaired) electrons. The number of anilines is 1. The fourth-order valence-electron chi connectivity index (χ4n) is 2.57. The van der Waals surface area contributed by atoms with E-state index >= 15 is 0 Å². The number of likely N-dealkylation sites (N-methyl/N-ethyl adjacent to an activating group) is 2. The van der Waals surface area contributed by atoms with Crippen LogP contribution in [0.3, 0.4) is 0 Å². The number of halogens is 2. The van der Waals surface area contributed by atoms with Crippen LogP contribution < -0.4 is 4.90 Å². The summed E-state index contributed by atoms with van der Waals surface area (Å²) >= 11 is 5.71. The predicted molar refractivity (Wildman–Crippen MR) is 74.9 cm³/mol. The van der Waals surface area contributed by atoms with Gasteiger partial charge in [0.05, 0.1) is 5.69 Å². The van der Waals surface area contributed by atoms with Crippen molar-refractivity contribution < 1.29 is 4.39 Å². The molecule has 1 atom stereocenters. The van der Waals surface area contributed by atoms with E-state index in [1.54, 1.807) is 0 Å². The van der Waals surface area contributed by atoms with E-state index in [9.17, 15) is 4.39 Å². The van der Waals surface area contributed by atoms with Gasteiger partial charge < -0.3 is 9.80 Å². The fourth-order valence-corrected chi connectivity index (χ4v) is 2.74. The average Bonchev–Trinajstić information content (AvgIpc) is 2.37. The van der Waals surface area contributed by atoms with Crippen LogP contribution in [0.4, 0.5) is 10.1 Å². The SMILES string of the molecule is CN1CCCC(N(C)c2ccc(CCl)cc2F)C1. The predicted octanol–water partition coefficient (Wildman–Crippen LogP) is 3.09. The molecule has 1 fully saturated rings. The van der Waals surface area contributed by atoms with E-state index in [1.165, 1.54) is 12.5 Å². The Bertz CT molecular complexity index is 411. The highest BCUT2D eigenvalue weighted by molar-refractivity contribution is 6.17. The summed E-state index contributed by atoms with van der Waals surface area (Å²) in [5.74, 6) is 0.177. The zero-order valence-electron chi connectivity index (χ0n) is 11.0. The number of piperidine rings is 1. The lowest BCUT2D eigenvalue weighted by molar-refractivity contribution is 0.247. The first-order valence-electron chi connectivity index (χ1n) is 6.37. The van der Waals surface area contributed by atoms with Crippen molar-refractivity contribution in [3.63, 3.8) is 0 Å². The highest BCUT2D eigenvalue weighted by Crippen LogP contribution is 2.25. The minimum Gasteiger partial charge on any atom is -0.368 e. The Hall–Kier alpha value is -0.800. The number of alkyl halides is 1. The molecule has 0 N–H and O–H groups in total. The second-order valence-corrected chi connectivity index (χ2v) is 5.36. The summed E-state index contributed by atoms with van der Waals surface area (Å²) in [4.78, 5) is 4.36. The van der Waals surface area contributed by atoms with Crippen molar-refractivity contribution >= 4 is 17.3 Å². The van der Waals surface area contributed by atoms with E-state index in [2.05, 4.69) is 16.8 Å². The van der Waals surface area contributed by atoms with E-state index < -0.39 is 0 Å². The van der Waals surface area contributed by atoms with E-state index in [0.717, 1.165) is 25.1 Å². The minimum atomic E-state index is -0.177. The van der Waals surface area contributed by atoms with Crippen molar-refractivity contribution in [3.8, 4) is 0 Å². The Kier molecular flexibility index (Phi) is 4.46. The lowest BCUT2D eigenvalue weighted by Gasteiger charge is -2.37. The molecule has 0 aromatic heterocycles. The third kappa shape index (κ3) is 2.96. The van der Waals surface area contributed by atoms with Crippen LogP contribution in [0, 0.1) is 5.82 Å². The molecule has 1 aromatic rings. The van der Waals surface area contributed by atoms with Gasteiger partial charge in [-0.3, -0.25) is 0 Å². The summed E-state index contributed by atoms with van der Waals surface area (Å²) in [6, 6.07) is 5.65. The molecule has 2 nitrogen and oxygen atoms in total. The molecule has 0 saturated carbocycles. The second kappa shape index (κ2) is 5.89. The molecular formula is C14H20ClFN2. The number of rotatable bonds is 3. The molecule has 0 aliphatic carbocycles. The Morgan fingerprint density at radius 1 is 1.50 bits per heavy atom. The smallest absolute Gasteiger partial charge is 0.146 e. The maximum Gasteiger partial charge on any atom is 0.146 e. The molecule has 2 rings (SSSR count). The quantitative estimate of drug-likeness (QED) is 0.779. The van der Waals surface area contributed by atoms with Gasteiger partial charge in [-0.05, 0) is 44.1 Å². The van der Waals surface area contributed by atoms with Crippen LogP contribution in [0.2, 0.25) is 0 Å². The molecule has 18 heavy (non-hydrogen) atoms. The van der Waals surface area contributed by atoms with Crippen molar-refractivity contribution in [2.75, 3.05) is 32.1 Å². The van der Waals surface area contributed by atoms with E-state index in [0.29, 0.717) is 17.6 Å². The standard InChI is InChI=1S/C14H20ClFN2/c1-17-7-3-4-12(10-17)18(2)14-6-5-11(9-15)8-13(14)16/h5-6,8,12H,3-4,7,9-10H2,1-2H3. The van der Waals surface area contributed by atoms with E-state index in [4.69, 9.17) is 11.6 Å². The lowest BCUT2D eigenvalue weighted by Crippen LogP contribution is -2.45. The van der Waals surface area contributed by atoms with Crippen LogP contribution in [0.25, 0.3) is 0 Å². The summed E-state index contributed by atoms with van der Waals surface area (Å²) in [6.45, 7) is 2.13. The first-order valence-corrected chi connectivity index (χ1v) is 6.91. The van der Waals surface area contributed by atoms with Gasteiger partial charge in [0.25, 0.3) is 0 Å². The number of hydrogen-bond donors (Lipinski definition) is 0. The van der Waals surface area contributed by atoms with Gasteiger partial charge in [-0.1, -0.05) is 6.07 Å². The first kappa shape index (κ1) is 13.6. The average molecular weight is 271 g/mol. The molecular weight excluding hydrogens is 251 g/mol. The van der Waals surface area contributed by atoms with Gasteiger partial charge in [0, 0.05) is 25.5 Å².